The fourth-order valence-corrected chi connectivity index (χ4v) is 2.58. The molecule has 2 aromatic carbocycles. The van der Waals surface area contributed by atoms with Crippen LogP contribution in [0.1, 0.15) is 18.7 Å². The second-order valence-corrected chi connectivity index (χ2v) is 5.85. The normalized spacial score (nSPS) is 12.0. The molecule has 0 fully saturated rings. The van der Waals surface area contributed by atoms with E-state index >= 15 is 0 Å². The van der Waals surface area contributed by atoms with Crippen LogP contribution in [0.4, 0.5) is 19.3 Å². The monoisotopic (exact) mass is 358 g/mol. The highest BCUT2D eigenvalue weighted by molar-refractivity contribution is 5.90. The van der Waals surface area contributed by atoms with Gasteiger partial charge in [-0.05, 0) is 49.4 Å². The van der Waals surface area contributed by atoms with Gasteiger partial charge < -0.3 is 10.2 Å². The van der Waals surface area contributed by atoms with Gasteiger partial charge in [0.05, 0.1) is 17.1 Å². The SMILES string of the molecule is CC(c1n[nH]c(=O)c2cc(F)ccc12)N(C)C(=O)Nc1ccc(F)cc1. The van der Waals surface area contributed by atoms with Crippen LogP contribution in [0, 0.1) is 11.6 Å². The van der Waals surface area contributed by atoms with Crippen molar-refractivity contribution in [2.24, 2.45) is 0 Å². The van der Waals surface area contributed by atoms with Crippen molar-refractivity contribution in [3.63, 3.8) is 0 Å². The van der Waals surface area contributed by atoms with E-state index in [0.29, 0.717) is 16.8 Å². The smallest absolute Gasteiger partial charge is 0.319 e. The number of hydrogen-bond acceptors (Lipinski definition) is 3. The molecular weight excluding hydrogens is 342 g/mol. The summed E-state index contributed by atoms with van der Waals surface area (Å²) >= 11 is 0. The van der Waals surface area contributed by atoms with Crippen molar-refractivity contribution in [1.29, 1.82) is 0 Å². The third-order valence-electron chi connectivity index (χ3n) is 4.17. The lowest BCUT2D eigenvalue weighted by molar-refractivity contribution is 0.207. The highest BCUT2D eigenvalue weighted by Gasteiger charge is 2.22. The summed E-state index contributed by atoms with van der Waals surface area (Å²) in [6.07, 6.45) is 0. The van der Waals surface area contributed by atoms with Crippen LogP contribution in [0.25, 0.3) is 10.8 Å². The first-order valence-electron chi connectivity index (χ1n) is 7.84. The Morgan fingerprint density at radius 3 is 2.46 bits per heavy atom. The van der Waals surface area contributed by atoms with Gasteiger partial charge in [0, 0.05) is 18.1 Å². The molecule has 0 bridgehead atoms. The number of hydrogen-bond donors (Lipinski definition) is 2. The van der Waals surface area contributed by atoms with Crippen LogP contribution >= 0.6 is 0 Å². The minimum Gasteiger partial charge on any atom is -0.319 e. The number of H-pyrrole nitrogens is 1. The lowest BCUT2D eigenvalue weighted by Crippen LogP contribution is -2.34. The molecule has 134 valence electrons. The standard InChI is InChI=1S/C18H16F2N4O2/c1-10(24(2)18(26)21-13-6-3-11(19)4-7-13)16-14-8-5-12(20)9-15(14)17(25)23-22-16/h3-10H,1-2H3,(H,21,26)(H,23,25). The number of aromatic nitrogens is 2. The average molecular weight is 358 g/mol. The van der Waals surface area contributed by atoms with Crippen molar-refractivity contribution < 1.29 is 13.6 Å². The van der Waals surface area contributed by atoms with E-state index in [9.17, 15) is 18.4 Å². The third kappa shape index (κ3) is 3.39. The molecule has 0 aliphatic carbocycles. The molecule has 8 heteroatoms. The fraction of sp³-hybridized carbons (Fsp3) is 0.167. The first-order valence-corrected chi connectivity index (χ1v) is 7.84. The van der Waals surface area contributed by atoms with E-state index < -0.39 is 29.3 Å². The number of fused-ring (bicyclic) bond motifs is 1. The largest absolute Gasteiger partial charge is 0.322 e. The Hall–Kier alpha value is -3.29. The Morgan fingerprint density at radius 1 is 1.12 bits per heavy atom. The van der Waals surface area contributed by atoms with Crippen molar-refractivity contribution in [3.05, 3.63) is 70.1 Å². The fourth-order valence-electron chi connectivity index (χ4n) is 2.58. The van der Waals surface area contributed by atoms with E-state index in [0.717, 1.165) is 6.07 Å². The molecule has 0 aliphatic heterocycles. The molecule has 2 N–H and O–H groups in total. The van der Waals surface area contributed by atoms with Crippen molar-refractivity contribution >= 4 is 22.5 Å². The second-order valence-electron chi connectivity index (χ2n) is 5.85. The minimum absolute atomic E-state index is 0.161. The molecule has 0 spiro atoms. The zero-order chi connectivity index (χ0) is 18.8. The van der Waals surface area contributed by atoms with Crippen LogP contribution in [0.5, 0.6) is 0 Å². The summed E-state index contributed by atoms with van der Waals surface area (Å²) < 4.78 is 26.4. The maximum atomic E-state index is 13.4. The number of nitrogens with one attached hydrogen (secondary N) is 2. The molecular formula is C18H16F2N4O2. The molecule has 6 nitrogen and oxygen atoms in total. The maximum Gasteiger partial charge on any atom is 0.322 e. The molecule has 0 radical (unpaired) electrons. The first kappa shape index (κ1) is 17.5. The molecule has 3 rings (SSSR count). The predicted octanol–water partition coefficient (Wildman–Crippen LogP) is 3.43. The number of aromatic amines is 1. The third-order valence-corrected chi connectivity index (χ3v) is 4.17. The summed E-state index contributed by atoms with van der Waals surface area (Å²) in [6.45, 7) is 1.73. The summed E-state index contributed by atoms with van der Waals surface area (Å²) in [5.41, 5.74) is 0.363. The van der Waals surface area contributed by atoms with Crippen molar-refractivity contribution in [2.75, 3.05) is 12.4 Å². The number of carbonyl (C=O) groups is 1. The van der Waals surface area contributed by atoms with Gasteiger partial charge in [-0.2, -0.15) is 5.10 Å². The van der Waals surface area contributed by atoms with Crippen LogP contribution in [0.2, 0.25) is 0 Å². The van der Waals surface area contributed by atoms with E-state index in [-0.39, 0.29) is 5.39 Å². The molecule has 1 aromatic heterocycles. The van der Waals surface area contributed by atoms with Crippen LogP contribution in [-0.4, -0.2) is 28.2 Å². The maximum absolute atomic E-state index is 13.4. The zero-order valence-electron chi connectivity index (χ0n) is 14.1. The molecule has 26 heavy (non-hydrogen) atoms. The van der Waals surface area contributed by atoms with Gasteiger partial charge in [0.15, 0.2) is 0 Å². The van der Waals surface area contributed by atoms with Gasteiger partial charge in [-0.15, -0.1) is 0 Å². The second kappa shape index (κ2) is 6.91. The number of rotatable bonds is 3. The highest BCUT2D eigenvalue weighted by atomic mass is 19.1. The Morgan fingerprint density at radius 2 is 1.77 bits per heavy atom. The predicted molar refractivity (Wildman–Crippen MR) is 93.9 cm³/mol. The van der Waals surface area contributed by atoms with Crippen molar-refractivity contribution in [2.45, 2.75) is 13.0 Å². The Labute approximate surface area is 147 Å². The van der Waals surface area contributed by atoms with Crippen LogP contribution in [-0.2, 0) is 0 Å². The van der Waals surface area contributed by atoms with Crippen molar-refractivity contribution in [3.8, 4) is 0 Å². The number of anilines is 1. The molecule has 0 saturated carbocycles. The number of nitrogens with zero attached hydrogens (tertiary/aromatic N) is 2. The summed E-state index contributed by atoms with van der Waals surface area (Å²) in [5.74, 6) is -0.934. The van der Waals surface area contributed by atoms with E-state index in [2.05, 4.69) is 15.5 Å². The minimum atomic E-state index is -0.532. The highest BCUT2D eigenvalue weighted by Crippen LogP contribution is 2.24. The quantitative estimate of drug-likeness (QED) is 0.753. The van der Waals surface area contributed by atoms with Gasteiger partial charge in [-0.1, -0.05) is 0 Å². The van der Waals surface area contributed by atoms with Gasteiger partial charge >= 0.3 is 6.03 Å². The molecule has 1 atom stereocenters. The zero-order valence-corrected chi connectivity index (χ0v) is 14.1. The number of benzene rings is 2. The van der Waals surface area contributed by atoms with E-state index in [1.165, 1.54) is 41.3 Å². The van der Waals surface area contributed by atoms with Gasteiger partial charge in [0.25, 0.3) is 5.56 Å². The summed E-state index contributed by atoms with van der Waals surface area (Å²) in [5, 5.41) is 9.63. The van der Waals surface area contributed by atoms with Crippen LogP contribution in [0.3, 0.4) is 0 Å². The lowest BCUT2D eigenvalue weighted by atomic mass is 10.1. The average Bonchev–Trinajstić information content (AvgIpc) is 2.63. The number of halogens is 2. The van der Waals surface area contributed by atoms with Gasteiger partial charge in [0.2, 0.25) is 0 Å². The Kier molecular flexibility index (Phi) is 4.66. The van der Waals surface area contributed by atoms with E-state index in [1.54, 1.807) is 14.0 Å². The van der Waals surface area contributed by atoms with Crippen LogP contribution in [0.15, 0.2) is 47.3 Å². The van der Waals surface area contributed by atoms with Gasteiger partial charge in [0.1, 0.15) is 11.6 Å². The number of urea groups is 1. The first-order chi connectivity index (χ1) is 12.4. The van der Waals surface area contributed by atoms with E-state index in [4.69, 9.17) is 0 Å². The van der Waals surface area contributed by atoms with E-state index in [1.807, 2.05) is 0 Å². The van der Waals surface area contributed by atoms with Crippen LogP contribution < -0.4 is 10.9 Å². The molecule has 0 saturated heterocycles. The molecule has 1 heterocycles. The van der Waals surface area contributed by atoms with Gasteiger partial charge in [-0.3, -0.25) is 4.79 Å². The number of carbonyl (C=O) groups excluding carboxylic acids is 1. The summed E-state index contributed by atoms with van der Waals surface area (Å²) in [6, 6.07) is 8.25. The molecule has 1 unspecified atom stereocenters. The summed E-state index contributed by atoms with van der Waals surface area (Å²) in [7, 11) is 1.56. The van der Waals surface area contributed by atoms with Crippen molar-refractivity contribution in [1.82, 2.24) is 15.1 Å². The topological polar surface area (TPSA) is 78.1 Å². The molecule has 2 amide bonds. The summed E-state index contributed by atoms with van der Waals surface area (Å²) in [4.78, 5) is 25.7. The Bertz CT molecular complexity index is 1020. The Balaban J connectivity index is 1.88. The van der Waals surface area contributed by atoms with Gasteiger partial charge in [-0.25, -0.2) is 18.7 Å². The number of amides is 2. The lowest BCUT2D eigenvalue weighted by Gasteiger charge is -2.25. The molecule has 3 aromatic rings. The molecule has 0 aliphatic rings.